The first-order valence-corrected chi connectivity index (χ1v) is 8.99. The summed E-state index contributed by atoms with van der Waals surface area (Å²) in [5.74, 6) is -0.665. The largest absolute Gasteiger partial charge is 0.416 e. The first kappa shape index (κ1) is 21.7. The van der Waals surface area contributed by atoms with Crippen molar-refractivity contribution in [1.29, 1.82) is 0 Å². The van der Waals surface area contributed by atoms with Crippen LogP contribution >= 0.6 is 11.6 Å². The monoisotopic (exact) mass is 402 g/mol. The Balaban J connectivity index is 2.91. The third-order valence-electron chi connectivity index (χ3n) is 3.32. The van der Waals surface area contributed by atoms with Crippen LogP contribution < -0.4 is 5.32 Å². The van der Waals surface area contributed by atoms with E-state index in [9.17, 15) is 31.5 Å². The van der Waals surface area contributed by atoms with Gasteiger partial charge in [-0.3, -0.25) is 4.79 Å². The number of carbonyl (C=O) groups excluding carboxylic acids is 1. The summed E-state index contributed by atoms with van der Waals surface area (Å²) < 4.78 is 63.3. The molecular formula is C14H18ClF3N2O4S. The molecule has 6 nitrogen and oxygen atoms in total. The number of benzene rings is 1. The number of alkyl halides is 3. The number of sulfonamides is 1. The van der Waals surface area contributed by atoms with Gasteiger partial charge in [-0.25, -0.2) is 8.42 Å². The molecule has 0 aliphatic rings. The van der Waals surface area contributed by atoms with Crippen LogP contribution in [0.3, 0.4) is 0 Å². The Kier molecular flexibility index (Phi) is 7.24. The van der Waals surface area contributed by atoms with Crippen LogP contribution in [0.25, 0.3) is 0 Å². The quantitative estimate of drug-likeness (QED) is 0.729. The normalized spacial score (nSPS) is 13.8. The molecule has 11 heteroatoms. The number of rotatable bonds is 7. The Hall–Kier alpha value is -1.36. The third-order valence-corrected chi connectivity index (χ3v) is 5.61. The van der Waals surface area contributed by atoms with Crippen LogP contribution in [0.5, 0.6) is 0 Å². The number of nitrogens with one attached hydrogen (secondary N) is 1. The Bertz CT molecular complexity index is 725. The number of amides is 1. The number of carbonyl (C=O) groups is 1. The summed E-state index contributed by atoms with van der Waals surface area (Å²) in [6.45, 7) is 1.10. The first-order valence-electron chi connectivity index (χ1n) is 7.17. The van der Waals surface area contributed by atoms with E-state index < -0.39 is 50.2 Å². The number of hydrogen-bond donors (Lipinski definition) is 2. The minimum Gasteiger partial charge on any atom is -0.391 e. The molecule has 1 rings (SSSR count). The predicted octanol–water partition coefficient (Wildman–Crippen LogP) is 1.87. The van der Waals surface area contributed by atoms with Gasteiger partial charge >= 0.3 is 6.18 Å². The summed E-state index contributed by atoms with van der Waals surface area (Å²) in [5.41, 5.74) is -1.08. The van der Waals surface area contributed by atoms with Crippen LogP contribution in [0.2, 0.25) is 5.02 Å². The Morgan fingerprint density at radius 3 is 2.48 bits per heavy atom. The van der Waals surface area contributed by atoms with Crippen LogP contribution in [0.4, 0.5) is 13.2 Å². The zero-order valence-corrected chi connectivity index (χ0v) is 15.0. The number of likely N-dealkylation sites (N-methyl/N-ethyl adjacent to an activating group) is 1. The van der Waals surface area contributed by atoms with E-state index in [0.717, 1.165) is 13.1 Å². The topological polar surface area (TPSA) is 86.7 Å². The number of aliphatic hydroxyl groups is 1. The van der Waals surface area contributed by atoms with Crippen LogP contribution in [0.15, 0.2) is 23.1 Å². The van der Waals surface area contributed by atoms with Crippen molar-refractivity contribution in [2.24, 2.45) is 0 Å². The highest BCUT2D eigenvalue weighted by molar-refractivity contribution is 7.89. The number of aliphatic hydroxyl groups excluding tert-OH is 1. The van der Waals surface area contributed by atoms with E-state index in [-0.39, 0.29) is 6.54 Å². The molecule has 0 aliphatic carbocycles. The highest BCUT2D eigenvalue weighted by Gasteiger charge is 2.33. The van der Waals surface area contributed by atoms with Gasteiger partial charge in [-0.15, -0.1) is 0 Å². The molecule has 0 aliphatic heterocycles. The molecule has 0 aromatic heterocycles. The van der Waals surface area contributed by atoms with Crippen LogP contribution in [-0.4, -0.2) is 50.0 Å². The highest BCUT2D eigenvalue weighted by atomic mass is 35.5. The maximum atomic E-state index is 12.6. The fraction of sp³-hybridized carbons (Fsp3) is 0.500. The van der Waals surface area contributed by atoms with E-state index >= 15 is 0 Å². The van der Waals surface area contributed by atoms with E-state index in [0.29, 0.717) is 22.9 Å². The lowest BCUT2D eigenvalue weighted by Gasteiger charge is -2.19. The van der Waals surface area contributed by atoms with Gasteiger partial charge in [0.15, 0.2) is 0 Å². The summed E-state index contributed by atoms with van der Waals surface area (Å²) in [6, 6.07) is 1.86. The van der Waals surface area contributed by atoms with E-state index in [4.69, 9.17) is 11.6 Å². The molecule has 0 saturated heterocycles. The van der Waals surface area contributed by atoms with Gasteiger partial charge in [0.2, 0.25) is 15.9 Å². The van der Waals surface area contributed by atoms with Gasteiger partial charge in [0, 0.05) is 13.6 Å². The lowest BCUT2D eigenvalue weighted by atomic mass is 10.2. The highest BCUT2D eigenvalue weighted by Crippen LogP contribution is 2.34. The van der Waals surface area contributed by atoms with Crippen molar-refractivity contribution in [3.8, 4) is 0 Å². The van der Waals surface area contributed by atoms with Gasteiger partial charge in [-0.1, -0.05) is 18.5 Å². The van der Waals surface area contributed by atoms with Gasteiger partial charge in [0.1, 0.15) is 4.90 Å². The average molecular weight is 403 g/mol. The predicted molar refractivity (Wildman–Crippen MR) is 85.6 cm³/mol. The van der Waals surface area contributed by atoms with Crippen molar-refractivity contribution in [2.75, 3.05) is 20.1 Å². The molecule has 0 saturated carbocycles. The summed E-state index contributed by atoms with van der Waals surface area (Å²) in [7, 11) is -3.16. The lowest BCUT2D eigenvalue weighted by Crippen LogP contribution is -2.40. The SMILES string of the molecule is CCC(O)CNC(=O)CN(C)S(=O)(=O)c1ccc(C(F)(F)F)cc1Cl. The third kappa shape index (κ3) is 5.84. The maximum absolute atomic E-state index is 12.6. The van der Waals surface area contributed by atoms with E-state index in [1.807, 2.05) is 0 Å². The fourth-order valence-electron chi connectivity index (χ4n) is 1.77. The van der Waals surface area contributed by atoms with Crippen molar-refractivity contribution >= 4 is 27.5 Å². The molecule has 1 unspecified atom stereocenters. The van der Waals surface area contributed by atoms with Crippen molar-refractivity contribution in [3.63, 3.8) is 0 Å². The lowest BCUT2D eigenvalue weighted by molar-refractivity contribution is -0.137. The van der Waals surface area contributed by atoms with Gasteiger partial charge in [-0.05, 0) is 24.6 Å². The molecule has 142 valence electrons. The molecule has 1 atom stereocenters. The molecule has 0 heterocycles. The standard InChI is InChI=1S/C14H18ClF3N2O4S/c1-3-10(21)7-19-13(22)8-20(2)25(23,24)12-5-4-9(6-11(12)15)14(16,17)18/h4-6,10,21H,3,7-8H2,1-2H3,(H,19,22). The minimum absolute atomic E-state index is 0.0374. The molecule has 1 amide bonds. The molecule has 0 fully saturated rings. The molecular weight excluding hydrogens is 385 g/mol. The molecule has 1 aromatic rings. The second kappa shape index (κ2) is 8.35. The van der Waals surface area contributed by atoms with Crippen molar-refractivity contribution in [2.45, 2.75) is 30.5 Å². The summed E-state index contributed by atoms with van der Waals surface area (Å²) in [5, 5.41) is 11.1. The summed E-state index contributed by atoms with van der Waals surface area (Å²) >= 11 is 5.68. The first-order chi connectivity index (χ1) is 11.4. The van der Waals surface area contributed by atoms with Crippen molar-refractivity contribution in [3.05, 3.63) is 28.8 Å². The summed E-state index contributed by atoms with van der Waals surface area (Å²) in [4.78, 5) is 11.2. The van der Waals surface area contributed by atoms with E-state index in [1.54, 1.807) is 6.92 Å². The smallest absolute Gasteiger partial charge is 0.391 e. The number of nitrogens with zero attached hydrogens (tertiary/aromatic N) is 1. The average Bonchev–Trinajstić information content (AvgIpc) is 2.51. The van der Waals surface area contributed by atoms with Crippen LogP contribution in [-0.2, 0) is 21.0 Å². The Morgan fingerprint density at radius 1 is 1.40 bits per heavy atom. The van der Waals surface area contributed by atoms with E-state index in [1.165, 1.54) is 0 Å². The molecule has 0 spiro atoms. The number of hydrogen-bond acceptors (Lipinski definition) is 4. The van der Waals surface area contributed by atoms with E-state index in [2.05, 4.69) is 5.32 Å². The maximum Gasteiger partial charge on any atom is 0.416 e. The molecule has 0 bridgehead atoms. The molecule has 2 N–H and O–H groups in total. The number of halogens is 4. The fourth-order valence-corrected chi connectivity index (χ4v) is 3.41. The van der Waals surface area contributed by atoms with Crippen molar-refractivity contribution < 1.29 is 31.5 Å². The molecule has 1 aromatic carbocycles. The Morgan fingerprint density at radius 2 is 2.00 bits per heavy atom. The zero-order chi connectivity index (χ0) is 19.4. The second-order valence-electron chi connectivity index (χ2n) is 5.27. The van der Waals surface area contributed by atoms with Crippen molar-refractivity contribution in [1.82, 2.24) is 9.62 Å². The van der Waals surface area contributed by atoms with Gasteiger partial charge < -0.3 is 10.4 Å². The Labute approximate surface area is 148 Å². The summed E-state index contributed by atoms with van der Waals surface area (Å²) in [6.07, 6.45) is -5.00. The van der Waals surface area contributed by atoms with Crippen LogP contribution in [0.1, 0.15) is 18.9 Å². The zero-order valence-electron chi connectivity index (χ0n) is 13.5. The minimum atomic E-state index is -4.65. The van der Waals surface area contributed by atoms with Gasteiger partial charge in [0.05, 0.1) is 23.2 Å². The van der Waals surface area contributed by atoms with Gasteiger partial charge in [-0.2, -0.15) is 17.5 Å². The van der Waals surface area contributed by atoms with Gasteiger partial charge in [0.25, 0.3) is 0 Å². The van der Waals surface area contributed by atoms with Crippen LogP contribution in [0, 0.1) is 0 Å². The second-order valence-corrected chi connectivity index (χ2v) is 7.69. The molecule has 25 heavy (non-hydrogen) atoms. The molecule has 0 radical (unpaired) electrons.